The van der Waals surface area contributed by atoms with Gasteiger partial charge in [0.15, 0.2) is 10.2 Å². The largest absolute Gasteiger partial charge is 0.380 e. The second-order valence-electron chi connectivity index (χ2n) is 6.83. The number of thioether (sulfide) groups is 2. The van der Waals surface area contributed by atoms with Crippen molar-refractivity contribution in [1.29, 1.82) is 0 Å². The Labute approximate surface area is 189 Å². The topological polar surface area (TPSA) is 60.4 Å². The Hall–Kier alpha value is 0.810. The number of carbonyl (C=O) groups is 2. The van der Waals surface area contributed by atoms with Crippen LogP contribution in [0.25, 0.3) is 0 Å². The molecule has 0 spiro atoms. The maximum Gasteiger partial charge on any atom is 0.380 e. The molecule has 0 aliphatic rings. The predicted octanol–water partition coefficient (Wildman–Crippen LogP) is 8.20. The van der Waals surface area contributed by atoms with E-state index in [0.717, 1.165) is 50.3 Å². The van der Waals surface area contributed by atoms with Gasteiger partial charge in [0.05, 0.1) is 6.61 Å². The van der Waals surface area contributed by atoms with Gasteiger partial charge in [0.2, 0.25) is 0 Å². The van der Waals surface area contributed by atoms with Crippen LogP contribution in [0, 0.1) is 0 Å². The van der Waals surface area contributed by atoms with E-state index in [1.807, 2.05) is 0 Å². The summed E-state index contributed by atoms with van der Waals surface area (Å²) in [5.74, 6) is 0.424. The van der Waals surface area contributed by atoms with Crippen LogP contribution in [-0.2, 0) is 18.7 Å². The Morgan fingerprint density at radius 3 is 1.86 bits per heavy atom. The smallest absolute Gasteiger partial charge is 0.305 e. The van der Waals surface area contributed by atoms with Gasteiger partial charge < -0.3 is 4.52 Å². The maximum atomic E-state index is 12.2. The predicted molar refractivity (Wildman–Crippen MR) is 126 cm³/mol. The third-order valence-corrected chi connectivity index (χ3v) is 7.55. The zero-order chi connectivity index (χ0) is 21.3. The van der Waals surface area contributed by atoms with E-state index >= 15 is 0 Å². The monoisotopic (exact) mass is 492 g/mol. The summed E-state index contributed by atoms with van der Waals surface area (Å²) in [7, 11) is 0. The molecule has 0 unspecified atom stereocenters. The lowest BCUT2D eigenvalue weighted by Crippen LogP contribution is -2.17. The summed E-state index contributed by atoms with van der Waals surface area (Å²) in [6.45, 7) is 4.31. The van der Waals surface area contributed by atoms with E-state index in [1.54, 1.807) is 0 Å². The lowest BCUT2D eigenvalue weighted by molar-refractivity contribution is -0.112. The molecule has 0 amide bonds. The highest BCUT2D eigenvalue weighted by atomic mass is 35.9. The van der Waals surface area contributed by atoms with Gasteiger partial charge in [-0.1, -0.05) is 88.7 Å². The highest BCUT2D eigenvalue weighted by Gasteiger charge is 2.22. The average molecular weight is 493 g/mol. The van der Waals surface area contributed by atoms with Crippen LogP contribution < -0.4 is 0 Å². The summed E-state index contributed by atoms with van der Waals surface area (Å²) in [4.78, 5) is 24.3. The second-order valence-corrected chi connectivity index (χ2v) is 13.5. The molecule has 0 saturated heterocycles. The van der Waals surface area contributed by atoms with Gasteiger partial charge in [0, 0.05) is 23.8 Å². The fourth-order valence-electron chi connectivity index (χ4n) is 2.53. The quantitative estimate of drug-likeness (QED) is 0.142. The normalized spacial score (nSPS) is 12.9. The molecule has 166 valence electrons. The number of halogens is 2. The third kappa shape index (κ3) is 20.1. The minimum atomic E-state index is -3.65. The van der Waals surface area contributed by atoms with Crippen LogP contribution >= 0.6 is 52.1 Å². The number of hydrogen-bond acceptors (Lipinski definition) is 6. The molecule has 0 N–H and O–H groups in total. The molecule has 0 aromatic carbocycles. The molecule has 0 aliphatic heterocycles. The number of carbonyl (C=O) groups excluding carboxylic acids is 2. The fourth-order valence-corrected chi connectivity index (χ4v) is 5.33. The summed E-state index contributed by atoms with van der Waals surface area (Å²) in [6.07, 6.45) is 8.33. The SMILES string of the molecule is CCCCCCCC(=O)SC[C@H](COP(=O)(Cl)Cl)SC(=O)CCCCCCC. The van der Waals surface area contributed by atoms with E-state index < -0.39 is 6.07 Å². The summed E-state index contributed by atoms with van der Waals surface area (Å²) in [6, 6.07) is 0. The van der Waals surface area contributed by atoms with Gasteiger partial charge in [-0.25, -0.2) is 0 Å². The molecule has 1 atom stereocenters. The third-order valence-electron chi connectivity index (χ3n) is 4.11. The van der Waals surface area contributed by atoms with Gasteiger partial charge in [0.1, 0.15) is 0 Å². The van der Waals surface area contributed by atoms with Gasteiger partial charge in [-0.05, 0) is 35.3 Å². The molecule has 0 heterocycles. The Kier molecular flexibility index (Phi) is 19.1. The maximum absolute atomic E-state index is 12.2. The molecule has 0 aliphatic carbocycles. The molecule has 0 saturated carbocycles. The summed E-state index contributed by atoms with van der Waals surface area (Å²) in [5.41, 5.74) is 0. The van der Waals surface area contributed by atoms with Gasteiger partial charge in [-0.15, -0.1) is 0 Å². The lowest BCUT2D eigenvalue weighted by Gasteiger charge is -2.15. The van der Waals surface area contributed by atoms with Gasteiger partial charge in [0.25, 0.3) is 0 Å². The minimum absolute atomic E-state index is 0.00665. The molecule has 0 rings (SSSR count). The van der Waals surface area contributed by atoms with Crippen LogP contribution in [-0.4, -0.2) is 27.8 Å². The summed E-state index contributed by atoms with van der Waals surface area (Å²) < 4.78 is 16.4. The zero-order valence-corrected chi connectivity index (χ0v) is 21.2. The molecule has 0 aromatic heterocycles. The molecular weight excluding hydrogens is 458 g/mol. The van der Waals surface area contributed by atoms with Crippen molar-refractivity contribution in [1.82, 2.24) is 0 Å². The van der Waals surface area contributed by atoms with Crippen molar-refractivity contribution in [2.45, 2.75) is 96.1 Å². The van der Waals surface area contributed by atoms with Crippen LogP contribution in [0.1, 0.15) is 90.9 Å². The standard InChI is InChI=1S/C19H35Cl2O4PS2/c1-3-5-7-9-11-13-18(22)27-16-17(15-25-26(20,21)24)28-19(23)14-12-10-8-6-4-2/h17H,3-16H2,1-2H3/t17-/m0/s1. The van der Waals surface area contributed by atoms with Crippen molar-refractivity contribution in [3.63, 3.8) is 0 Å². The van der Waals surface area contributed by atoms with E-state index in [1.165, 1.54) is 37.4 Å². The van der Waals surface area contributed by atoms with Crippen LogP contribution in [0.4, 0.5) is 0 Å². The van der Waals surface area contributed by atoms with E-state index in [2.05, 4.69) is 13.8 Å². The van der Waals surface area contributed by atoms with Crippen molar-refractivity contribution >= 4 is 62.3 Å². The Morgan fingerprint density at radius 2 is 1.36 bits per heavy atom. The average Bonchev–Trinajstić information content (AvgIpc) is 2.63. The highest BCUT2D eigenvalue weighted by molar-refractivity contribution is 8.17. The second kappa shape index (κ2) is 18.6. The summed E-state index contributed by atoms with van der Waals surface area (Å²) >= 11 is 13.3. The molecule has 0 aromatic rings. The molecule has 0 bridgehead atoms. The van der Waals surface area contributed by atoms with Crippen molar-refractivity contribution in [3.05, 3.63) is 0 Å². The summed E-state index contributed by atoms with van der Waals surface area (Å²) in [5, 5.41) is -0.103. The lowest BCUT2D eigenvalue weighted by atomic mass is 10.1. The van der Waals surface area contributed by atoms with Gasteiger partial charge >= 0.3 is 6.07 Å². The van der Waals surface area contributed by atoms with E-state index in [0.29, 0.717) is 18.6 Å². The molecular formula is C19H35Cl2O4PS2. The number of rotatable bonds is 18. The zero-order valence-electron chi connectivity index (χ0n) is 17.1. The number of hydrogen-bond donors (Lipinski definition) is 0. The molecule has 9 heteroatoms. The van der Waals surface area contributed by atoms with Crippen molar-refractivity contribution < 1.29 is 18.7 Å². The van der Waals surface area contributed by atoms with E-state index in [-0.39, 0.29) is 22.1 Å². The molecule has 0 fully saturated rings. The van der Waals surface area contributed by atoms with Gasteiger partial charge in [-0.3, -0.25) is 14.2 Å². The molecule has 4 nitrogen and oxygen atoms in total. The van der Waals surface area contributed by atoms with Gasteiger partial charge in [-0.2, -0.15) is 0 Å². The van der Waals surface area contributed by atoms with Crippen molar-refractivity contribution in [2.24, 2.45) is 0 Å². The van der Waals surface area contributed by atoms with Crippen LogP contribution in [0.5, 0.6) is 0 Å². The van der Waals surface area contributed by atoms with Crippen LogP contribution in [0.15, 0.2) is 0 Å². The van der Waals surface area contributed by atoms with Crippen LogP contribution in [0.2, 0.25) is 0 Å². The van der Waals surface area contributed by atoms with Crippen molar-refractivity contribution in [2.75, 3.05) is 12.4 Å². The molecule has 0 radical (unpaired) electrons. The Morgan fingerprint density at radius 1 is 0.857 bits per heavy atom. The van der Waals surface area contributed by atoms with Crippen molar-refractivity contribution in [3.8, 4) is 0 Å². The first kappa shape index (κ1) is 28.8. The molecule has 28 heavy (non-hydrogen) atoms. The van der Waals surface area contributed by atoms with Crippen LogP contribution in [0.3, 0.4) is 0 Å². The fraction of sp³-hybridized carbons (Fsp3) is 0.895. The Bertz CT molecular complexity index is 475. The minimum Gasteiger partial charge on any atom is -0.305 e. The highest BCUT2D eigenvalue weighted by Crippen LogP contribution is 2.57. The first-order valence-corrected chi connectivity index (χ1v) is 15.6. The first-order chi connectivity index (χ1) is 13.3. The first-order valence-electron chi connectivity index (χ1n) is 10.3. The van der Waals surface area contributed by atoms with E-state index in [4.69, 9.17) is 27.0 Å². The number of unbranched alkanes of at least 4 members (excludes halogenated alkanes) is 8. The Balaban J connectivity index is 4.26. The van der Waals surface area contributed by atoms with E-state index in [9.17, 15) is 14.2 Å².